The molecule has 1 aromatic rings. The summed E-state index contributed by atoms with van der Waals surface area (Å²) in [6.07, 6.45) is -0.464. The maximum atomic E-state index is 9.97. The Morgan fingerprint density at radius 3 is 2.84 bits per heavy atom. The molecule has 0 aromatic heterocycles. The first kappa shape index (κ1) is 14.6. The molecule has 0 saturated carbocycles. The molecule has 0 spiro atoms. The molecule has 0 unspecified atom stereocenters. The second-order valence-electron chi connectivity index (χ2n) is 4.93. The van der Waals surface area contributed by atoms with Gasteiger partial charge in [-0.15, -0.1) is 0 Å². The first-order valence-electron chi connectivity index (χ1n) is 6.65. The lowest BCUT2D eigenvalue weighted by Crippen LogP contribution is -2.47. The summed E-state index contributed by atoms with van der Waals surface area (Å²) in [5.74, 6) is 0.751. The number of ether oxygens (including phenoxy) is 1. The minimum absolute atomic E-state index is 0.311. The van der Waals surface area contributed by atoms with Crippen LogP contribution in [0.5, 0.6) is 5.75 Å². The van der Waals surface area contributed by atoms with Crippen molar-refractivity contribution in [3.05, 3.63) is 28.8 Å². The van der Waals surface area contributed by atoms with Crippen molar-refractivity contribution in [1.29, 1.82) is 0 Å². The molecule has 106 valence electrons. The van der Waals surface area contributed by atoms with Gasteiger partial charge in [-0.3, -0.25) is 4.90 Å². The van der Waals surface area contributed by atoms with E-state index in [0.717, 1.165) is 42.5 Å². The predicted octanol–water partition coefficient (Wildman–Crippen LogP) is 1.29. The molecular weight excluding hydrogens is 264 g/mol. The van der Waals surface area contributed by atoms with Crippen molar-refractivity contribution in [2.75, 3.05) is 39.3 Å². The topological polar surface area (TPSA) is 44.7 Å². The lowest BCUT2D eigenvalue weighted by atomic mass is 10.2. The Hall–Kier alpha value is -0.810. The van der Waals surface area contributed by atoms with Gasteiger partial charge in [-0.05, 0) is 30.7 Å². The summed E-state index contributed by atoms with van der Waals surface area (Å²) in [4.78, 5) is 2.25. The molecule has 0 radical (unpaired) electrons. The van der Waals surface area contributed by atoms with Crippen LogP contribution in [0.25, 0.3) is 0 Å². The van der Waals surface area contributed by atoms with Crippen LogP contribution in [-0.2, 0) is 0 Å². The highest BCUT2D eigenvalue weighted by atomic mass is 35.5. The van der Waals surface area contributed by atoms with E-state index in [1.807, 2.05) is 25.1 Å². The molecule has 1 aromatic carbocycles. The largest absolute Gasteiger partial charge is 0.491 e. The highest BCUT2D eigenvalue weighted by Gasteiger charge is 2.14. The number of aliphatic hydroxyl groups excluding tert-OH is 1. The molecule has 1 atom stereocenters. The van der Waals surface area contributed by atoms with E-state index in [1.165, 1.54) is 0 Å². The highest BCUT2D eigenvalue weighted by Crippen LogP contribution is 2.21. The third-order valence-electron chi connectivity index (χ3n) is 3.25. The number of aliphatic hydroxyl groups is 1. The van der Waals surface area contributed by atoms with Crippen molar-refractivity contribution in [2.24, 2.45) is 0 Å². The second-order valence-corrected chi connectivity index (χ2v) is 5.33. The molecule has 1 heterocycles. The van der Waals surface area contributed by atoms with Crippen LogP contribution >= 0.6 is 11.6 Å². The fourth-order valence-electron chi connectivity index (χ4n) is 2.14. The minimum atomic E-state index is -0.464. The molecule has 1 saturated heterocycles. The second kappa shape index (κ2) is 7.10. The standard InChI is InChI=1S/C14H21ClN2O2/c1-11-8-13(2-3-14(11)15)19-10-12(18)9-17-6-4-16-5-7-17/h2-3,8,12,16,18H,4-7,9-10H2,1H3/t12-/m1/s1. The zero-order valence-electron chi connectivity index (χ0n) is 11.2. The van der Waals surface area contributed by atoms with E-state index in [9.17, 15) is 5.11 Å². The maximum Gasteiger partial charge on any atom is 0.119 e. The van der Waals surface area contributed by atoms with Crippen LogP contribution in [0.3, 0.4) is 0 Å². The number of aryl methyl sites for hydroxylation is 1. The summed E-state index contributed by atoms with van der Waals surface area (Å²) in [5, 5.41) is 14.0. The maximum absolute atomic E-state index is 9.97. The van der Waals surface area contributed by atoms with Crippen LogP contribution in [0.15, 0.2) is 18.2 Å². The van der Waals surface area contributed by atoms with Crippen molar-refractivity contribution in [3.63, 3.8) is 0 Å². The van der Waals surface area contributed by atoms with E-state index in [1.54, 1.807) is 0 Å². The molecule has 1 aliphatic rings. The smallest absolute Gasteiger partial charge is 0.119 e. The number of benzene rings is 1. The lowest BCUT2D eigenvalue weighted by molar-refractivity contribution is 0.0641. The van der Waals surface area contributed by atoms with Gasteiger partial charge in [-0.2, -0.15) is 0 Å². The number of hydrogen-bond donors (Lipinski definition) is 2. The van der Waals surface area contributed by atoms with E-state index in [2.05, 4.69) is 10.2 Å². The van der Waals surface area contributed by atoms with Crippen molar-refractivity contribution in [3.8, 4) is 5.75 Å². The fourth-order valence-corrected chi connectivity index (χ4v) is 2.26. The average molecular weight is 285 g/mol. The molecule has 5 heteroatoms. The van der Waals surface area contributed by atoms with Crippen LogP contribution in [0.4, 0.5) is 0 Å². The van der Waals surface area contributed by atoms with Crippen LogP contribution in [-0.4, -0.2) is 55.4 Å². The molecular formula is C14H21ClN2O2. The molecule has 1 aliphatic heterocycles. The molecule has 2 N–H and O–H groups in total. The zero-order chi connectivity index (χ0) is 13.7. The van der Waals surface area contributed by atoms with Crippen molar-refractivity contribution >= 4 is 11.6 Å². The molecule has 1 fully saturated rings. The summed E-state index contributed by atoms with van der Waals surface area (Å²) < 4.78 is 5.59. The quantitative estimate of drug-likeness (QED) is 0.855. The van der Waals surface area contributed by atoms with Gasteiger partial charge in [0.05, 0.1) is 0 Å². The predicted molar refractivity (Wildman–Crippen MR) is 77.0 cm³/mol. The van der Waals surface area contributed by atoms with Gasteiger partial charge in [-0.25, -0.2) is 0 Å². The van der Waals surface area contributed by atoms with Crippen LogP contribution < -0.4 is 10.1 Å². The average Bonchev–Trinajstić information content (AvgIpc) is 2.41. The van der Waals surface area contributed by atoms with E-state index < -0.39 is 6.10 Å². The molecule has 0 aliphatic carbocycles. The van der Waals surface area contributed by atoms with Gasteiger partial charge in [0, 0.05) is 37.7 Å². The third kappa shape index (κ3) is 4.66. The third-order valence-corrected chi connectivity index (χ3v) is 3.67. The summed E-state index contributed by atoms with van der Waals surface area (Å²) in [5.41, 5.74) is 0.982. The molecule has 19 heavy (non-hydrogen) atoms. The summed E-state index contributed by atoms with van der Waals surface area (Å²) in [7, 11) is 0. The number of halogens is 1. The van der Waals surface area contributed by atoms with Crippen LogP contribution in [0.2, 0.25) is 5.02 Å². The first-order valence-corrected chi connectivity index (χ1v) is 7.03. The Labute approximate surface area is 119 Å². The summed E-state index contributed by atoms with van der Waals surface area (Å²) in [6, 6.07) is 5.53. The zero-order valence-corrected chi connectivity index (χ0v) is 12.0. The Morgan fingerprint density at radius 1 is 1.42 bits per heavy atom. The van der Waals surface area contributed by atoms with E-state index in [4.69, 9.17) is 16.3 Å². The van der Waals surface area contributed by atoms with Gasteiger partial charge in [0.1, 0.15) is 18.5 Å². The van der Waals surface area contributed by atoms with Crippen LogP contribution in [0, 0.1) is 6.92 Å². The molecule has 2 rings (SSSR count). The van der Waals surface area contributed by atoms with Crippen LogP contribution in [0.1, 0.15) is 5.56 Å². The number of nitrogens with one attached hydrogen (secondary N) is 1. The van der Waals surface area contributed by atoms with E-state index >= 15 is 0 Å². The van der Waals surface area contributed by atoms with Gasteiger partial charge in [0.25, 0.3) is 0 Å². The number of β-amino-alcohol motifs (C(OH)–C–C–N with tert-alkyl or cyclic N) is 1. The first-order chi connectivity index (χ1) is 9.15. The minimum Gasteiger partial charge on any atom is -0.491 e. The van der Waals surface area contributed by atoms with E-state index in [0.29, 0.717) is 13.2 Å². The molecule has 0 amide bonds. The van der Waals surface area contributed by atoms with E-state index in [-0.39, 0.29) is 0 Å². The monoisotopic (exact) mass is 284 g/mol. The van der Waals surface area contributed by atoms with Gasteiger partial charge in [0.15, 0.2) is 0 Å². The fraction of sp³-hybridized carbons (Fsp3) is 0.571. The van der Waals surface area contributed by atoms with Gasteiger partial charge in [0.2, 0.25) is 0 Å². The normalized spacial score (nSPS) is 18.3. The number of piperazine rings is 1. The Bertz CT molecular complexity index is 408. The molecule has 4 nitrogen and oxygen atoms in total. The van der Waals surface area contributed by atoms with Crippen molar-refractivity contribution in [2.45, 2.75) is 13.0 Å². The number of nitrogens with zero attached hydrogens (tertiary/aromatic N) is 1. The number of rotatable bonds is 5. The van der Waals surface area contributed by atoms with Gasteiger partial charge in [-0.1, -0.05) is 11.6 Å². The Balaban J connectivity index is 1.75. The Morgan fingerprint density at radius 2 is 2.16 bits per heavy atom. The van der Waals surface area contributed by atoms with Gasteiger partial charge < -0.3 is 15.2 Å². The molecule has 0 bridgehead atoms. The SMILES string of the molecule is Cc1cc(OC[C@H](O)CN2CCNCC2)ccc1Cl. The summed E-state index contributed by atoms with van der Waals surface area (Å²) in [6.45, 7) is 6.85. The van der Waals surface area contributed by atoms with Crippen molar-refractivity contribution in [1.82, 2.24) is 10.2 Å². The van der Waals surface area contributed by atoms with Gasteiger partial charge >= 0.3 is 0 Å². The Kier molecular flexibility index (Phi) is 5.45. The highest BCUT2D eigenvalue weighted by molar-refractivity contribution is 6.31. The number of hydrogen-bond acceptors (Lipinski definition) is 4. The summed E-state index contributed by atoms with van der Waals surface area (Å²) >= 11 is 5.95. The lowest BCUT2D eigenvalue weighted by Gasteiger charge is -2.29. The van der Waals surface area contributed by atoms with Crippen molar-refractivity contribution < 1.29 is 9.84 Å².